The molecule has 0 aliphatic carbocycles. The number of para-hydroxylation sites is 1. The number of carbonyl (C=O) groups is 1. The molecule has 0 bridgehead atoms. The molecule has 1 atom stereocenters. The lowest BCUT2D eigenvalue weighted by Crippen LogP contribution is -2.36. The van der Waals surface area contributed by atoms with Crippen molar-refractivity contribution < 1.29 is 9.53 Å². The molecule has 0 radical (unpaired) electrons. The van der Waals surface area contributed by atoms with Crippen molar-refractivity contribution in [3.8, 4) is 0 Å². The van der Waals surface area contributed by atoms with Crippen LogP contribution in [0.3, 0.4) is 0 Å². The minimum absolute atomic E-state index is 0.147. The van der Waals surface area contributed by atoms with Crippen LogP contribution in [-0.2, 0) is 16.1 Å². The molecule has 2 aromatic rings. The Hall–Kier alpha value is -2.29. The Labute approximate surface area is 126 Å². The zero-order chi connectivity index (χ0) is 15.1. The molecule has 1 N–H and O–H groups in total. The molecule has 0 fully saturated rings. The number of rotatable bonds is 6. The lowest BCUT2D eigenvalue weighted by Gasteiger charge is -2.22. The smallest absolute Gasteiger partial charge is 0.329 e. The molecule has 110 valence electrons. The number of carbonyl (C=O) groups excluding carboxylic acids is 1. The lowest BCUT2D eigenvalue weighted by molar-refractivity contribution is -0.146. The van der Waals surface area contributed by atoms with Gasteiger partial charge in [-0.1, -0.05) is 62.4 Å². The van der Waals surface area contributed by atoms with Crippen LogP contribution in [-0.4, -0.2) is 12.0 Å². The first-order valence-electron chi connectivity index (χ1n) is 7.19. The van der Waals surface area contributed by atoms with Crippen molar-refractivity contribution in [2.75, 3.05) is 5.32 Å². The fourth-order valence-electron chi connectivity index (χ4n) is 2.03. The molecular formula is C18H21NO2. The van der Waals surface area contributed by atoms with Crippen LogP contribution in [0.4, 0.5) is 5.69 Å². The van der Waals surface area contributed by atoms with Crippen LogP contribution in [0, 0.1) is 5.92 Å². The number of esters is 1. The molecule has 2 rings (SSSR count). The highest BCUT2D eigenvalue weighted by Gasteiger charge is 2.23. The van der Waals surface area contributed by atoms with Crippen molar-refractivity contribution in [3.05, 3.63) is 66.2 Å². The minimum atomic E-state index is -0.351. The SMILES string of the molecule is CC(C)C(Nc1ccccc1)C(=O)OCc1ccccc1. The average molecular weight is 283 g/mol. The van der Waals surface area contributed by atoms with Crippen molar-refractivity contribution in [2.45, 2.75) is 26.5 Å². The molecule has 3 nitrogen and oxygen atoms in total. The van der Waals surface area contributed by atoms with Crippen molar-refractivity contribution in [1.82, 2.24) is 0 Å². The summed E-state index contributed by atoms with van der Waals surface area (Å²) in [4.78, 5) is 12.3. The summed E-state index contributed by atoms with van der Waals surface area (Å²) < 4.78 is 5.42. The molecule has 2 aromatic carbocycles. The molecule has 0 heterocycles. The quantitative estimate of drug-likeness (QED) is 0.818. The van der Waals surface area contributed by atoms with Crippen LogP contribution in [0.15, 0.2) is 60.7 Å². The van der Waals surface area contributed by atoms with Crippen LogP contribution >= 0.6 is 0 Å². The highest BCUT2D eigenvalue weighted by Crippen LogP contribution is 2.14. The largest absolute Gasteiger partial charge is 0.459 e. The van der Waals surface area contributed by atoms with E-state index in [0.29, 0.717) is 6.61 Å². The van der Waals surface area contributed by atoms with Gasteiger partial charge in [-0.2, -0.15) is 0 Å². The lowest BCUT2D eigenvalue weighted by atomic mass is 10.0. The average Bonchev–Trinajstić information content (AvgIpc) is 2.52. The fourth-order valence-corrected chi connectivity index (χ4v) is 2.03. The highest BCUT2D eigenvalue weighted by molar-refractivity contribution is 5.79. The van der Waals surface area contributed by atoms with Gasteiger partial charge in [0.2, 0.25) is 0 Å². The third-order valence-electron chi connectivity index (χ3n) is 3.24. The van der Waals surface area contributed by atoms with Gasteiger partial charge in [0.1, 0.15) is 12.6 Å². The number of benzene rings is 2. The monoisotopic (exact) mass is 283 g/mol. The third-order valence-corrected chi connectivity index (χ3v) is 3.24. The summed E-state index contributed by atoms with van der Waals surface area (Å²) in [6.07, 6.45) is 0. The van der Waals surface area contributed by atoms with Gasteiger partial charge in [-0.05, 0) is 23.6 Å². The summed E-state index contributed by atoms with van der Waals surface area (Å²) in [5, 5.41) is 3.24. The topological polar surface area (TPSA) is 38.3 Å². The Bertz CT molecular complexity index is 552. The normalized spacial score (nSPS) is 12.0. The maximum Gasteiger partial charge on any atom is 0.329 e. The molecule has 1 unspecified atom stereocenters. The van der Waals surface area contributed by atoms with Crippen molar-refractivity contribution in [3.63, 3.8) is 0 Å². The van der Waals surface area contributed by atoms with E-state index in [2.05, 4.69) is 5.32 Å². The van der Waals surface area contributed by atoms with Crippen LogP contribution in [0.25, 0.3) is 0 Å². The molecule has 0 aromatic heterocycles. The number of nitrogens with one attached hydrogen (secondary N) is 1. The molecule has 21 heavy (non-hydrogen) atoms. The Kier molecular flexibility index (Phi) is 5.38. The Morgan fingerprint density at radius 1 is 1.00 bits per heavy atom. The van der Waals surface area contributed by atoms with Gasteiger partial charge in [-0.3, -0.25) is 0 Å². The summed E-state index contributed by atoms with van der Waals surface area (Å²) in [5.74, 6) is -0.0776. The van der Waals surface area contributed by atoms with E-state index in [1.165, 1.54) is 0 Å². The Balaban J connectivity index is 1.96. The molecule has 0 aliphatic heterocycles. The first-order chi connectivity index (χ1) is 10.2. The Morgan fingerprint density at radius 2 is 1.57 bits per heavy atom. The van der Waals surface area contributed by atoms with E-state index < -0.39 is 0 Å². The van der Waals surface area contributed by atoms with Gasteiger partial charge in [0.25, 0.3) is 0 Å². The molecule has 0 saturated heterocycles. The predicted octanol–water partition coefficient (Wildman–Crippen LogP) is 3.87. The highest BCUT2D eigenvalue weighted by atomic mass is 16.5. The number of anilines is 1. The van der Waals surface area contributed by atoms with E-state index in [9.17, 15) is 4.79 Å². The van der Waals surface area contributed by atoms with E-state index in [4.69, 9.17) is 4.74 Å². The van der Waals surface area contributed by atoms with E-state index >= 15 is 0 Å². The number of hydrogen-bond acceptors (Lipinski definition) is 3. The molecular weight excluding hydrogens is 262 g/mol. The van der Waals surface area contributed by atoms with Crippen molar-refractivity contribution in [1.29, 1.82) is 0 Å². The van der Waals surface area contributed by atoms with E-state index in [-0.39, 0.29) is 17.9 Å². The summed E-state index contributed by atoms with van der Waals surface area (Å²) >= 11 is 0. The first-order valence-corrected chi connectivity index (χ1v) is 7.19. The second kappa shape index (κ2) is 7.48. The van der Waals surface area contributed by atoms with Gasteiger partial charge < -0.3 is 10.1 Å². The number of hydrogen-bond donors (Lipinski definition) is 1. The van der Waals surface area contributed by atoms with Gasteiger partial charge in [-0.15, -0.1) is 0 Å². The van der Waals surface area contributed by atoms with Crippen LogP contribution in [0.2, 0.25) is 0 Å². The van der Waals surface area contributed by atoms with Crippen LogP contribution in [0.1, 0.15) is 19.4 Å². The molecule has 0 saturated carbocycles. The summed E-state index contributed by atoms with van der Waals surface area (Å²) in [6, 6.07) is 19.1. The third kappa shape index (κ3) is 4.63. The minimum Gasteiger partial charge on any atom is -0.459 e. The second-order valence-corrected chi connectivity index (χ2v) is 5.33. The Morgan fingerprint density at radius 3 is 2.14 bits per heavy atom. The van der Waals surface area contributed by atoms with E-state index in [1.807, 2.05) is 74.5 Å². The maximum absolute atomic E-state index is 12.3. The van der Waals surface area contributed by atoms with Gasteiger partial charge >= 0.3 is 5.97 Å². The molecule has 0 aliphatic rings. The molecule has 0 spiro atoms. The molecule has 3 heteroatoms. The zero-order valence-corrected chi connectivity index (χ0v) is 12.5. The van der Waals surface area contributed by atoms with Gasteiger partial charge in [-0.25, -0.2) is 4.79 Å². The van der Waals surface area contributed by atoms with Gasteiger partial charge in [0.05, 0.1) is 0 Å². The predicted molar refractivity (Wildman–Crippen MR) is 84.9 cm³/mol. The standard InChI is InChI=1S/C18H21NO2/c1-14(2)17(19-16-11-7-4-8-12-16)18(20)21-13-15-9-5-3-6-10-15/h3-12,14,17,19H,13H2,1-2H3. The maximum atomic E-state index is 12.3. The zero-order valence-electron chi connectivity index (χ0n) is 12.5. The van der Waals surface area contributed by atoms with Crippen LogP contribution < -0.4 is 5.32 Å². The van der Waals surface area contributed by atoms with Crippen molar-refractivity contribution >= 4 is 11.7 Å². The van der Waals surface area contributed by atoms with E-state index in [0.717, 1.165) is 11.3 Å². The summed E-state index contributed by atoms with van der Waals surface area (Å²) in [7, 11) is 0. The van der Waals surface area contributed by atoms with Gasteiger partial charge in [0, 0.05) is 5.69 Å². The van der Waals surface area contributed by atoms with E-state index in [1.54, 1.807) is 0 Å². The molecule has 0 amide bonds. The first kappa shape index (κ1) is 15.1. The fraction of sp³-hybridized carbons (Fsp3) is 0.278. The van der Waals surface area contributed by atoms with Crippen molar-refractivity contribution in [2.24, 2.45) is 5.92 Å². The van der Waals surface area contributed by atoms with Gasteiger partial charge in [0.15, 0.2) is 0 Å². The summed E-state index contributed by atoms with van der Waals surface area (Å²) in [5.41, 5.74) is 1.92. The number of ether oxygens (including phenoxy) is 1. The van der Waals surface area contributed by atoms with Crippen LogP contribution in [0.5, 0.6) is 0 Å². The second-order valence-electron chi connectivity index (χ2n) is 5.33. The summed E-state index contributed by atoms with van der Waals surface area (Å²) in [6.45, 7) is 4.31.